The number of pyridine rings is 1. The number of fused-ring (bicyclic) bond motifs is 1. The molecule has 0 saturated heterocycles. The molecule has 1 amide bonds. The van der Waals surface area contributed by atoms with Crippen LogP contribution in [0.5, 0.6) is 5.75 Å². The number of aryl methyl sites for hydroxylation is 1. The molecule has 0 unspecified atom stereocenters. The zero-order valence-corrected chi connectivity index (χ0v) is 17.1. The summed E-state index contributed by atoms with van der Waals surface area (Å²) in [6, 6.07) is 19.6. The summed E-state index contributed by atoms with van der Waals surface area (Å²) in [5, 5.41) is 4.07. The standard InChI is InChI=1S/C23H18ClN3O3/c1-14-6-5-9-21(25-14)27-22(28)17-12-15-7-3-4-8-19(15)30-23(17)26-18-13-16(24)10-11-20(18)29-2/h3-13H,1-2H3,(H,25,27,28). The minimum atomic E-state index is -0.387. The minimum Gasteiger partial charge on any atom is -0.494 e. The van der Waals surface area contributed by atoms with E-state index in [1.54, 1.807) is 30.3 Å². The number of para-hydroxylation sites is 1. The van der Waals surface area contributed by atoms with Crippen LogP contribution in [0.15, 0.2) is 76.1 Å². The smallest absolute Gasteiger partial charge is 0.262 e. The molecule has 2 heterocycles. The van der Waals surface area contributed by atoms with Gasteiger partial charge in [0.05, 0.1) is 7.11 Å². The van der Waals surface area contributed by atoms with E-state index in [1.807, 2.05) is 43.3 Å². The summed E-state index contributed by atoms with van der Waals surface area (Å²) < 4.78 is 11.3. The van der Waals surface area contributed by atoms with Crippen LogP contribution < -0.4 is 15.6 Å². The number of rotatable bonds is 4. The van der Waals surface area contributed by atoms with Crippen LogP contribution in [0.2, 0.25) is 5.02 Å². The highest BCUT2D eigenvalue weighted by Gasteiger charge is 2.14. The normalized spacial score (nSPS) is 11.5. The molecule has 150 valence electrons. The summed E-state index contributed by atoms with van der Waals surface area (Å²) in [5.74, 6) is 0.566. The zero-order valence-electron chi connectivity index (χ0n) is 16.3. The fourth-order valence-electron chi connectivity index (χ4n) is 2.97. The van der Waals surface area contributed by atoms with E-state index in [0.717, 1.165) is 11.1 Å². The van der Waals surface area contributed by atoms with Gasteiger partial charge in [0.15, 0.2) is 0 Å². The molecule has 0 radical (unpaired) electrons. The number of anilines is 1. The second-order valence-corrected chi connectivity index (χ2v) is 6.99. The van der Waals surface area contributed by atoms with E-state index < -0.39 is 0 Å². The number of carbonyl (C=O) groups is 1. The number of amides is 1. The molecule has 30 heavy (non-hydrogen) atoms. The molecule has 1 N–H and O–H groups in total. The first-order chi connectivity index (χ1) is 14.5. The fraction of sp³-hybridized carbons (Fsp3) is 0.0870. The summed E-state index contributed by atoms with van der Waals surface area (Å²) in [4.78, 5) is 21.9. The molecule has 2 aromatic carbocycles. The Morgan fingerprint density at radius 3 is 2.73 bits per heavy atom. The zero-order chi connectivity index (χ0) is 21.1. The lowest BCUT2D eigenvalue weighted by molar-refractivity contribution is 0.102. The van der Waals surface area contributed by atoms with Gasteiger partial charge in [-0.25, -0.2) is 9.98 Å². The highest BCUT2D eigenvalue weighted by molar-refractivity contribution is 6.30. The van der Waals surface area contributed by atoms with Crippen LogP contribution >= 0.6 is 11.6 Å². The maximum atomic E-state index is 13.1. The van der Waals surface area contributed by atoms with Crippen molar-refractivity contribution in [1.29, 1.82) is 0 Å². The third-order valence-electron chi connectivity index (χ3n) is 4.39. The molecule has 0 atom stereocenters. The van der Waals surface area contributed by atoms with Crippen molar-refractivity contribution >= 4 is 40.0 Å². The first-order valence-electron chi connectivity index (χ1n) is 9.19. The third kappa shape index (κ3) is 4.18. The molecule has 0 aliphatic heterocycles. The van der Waals surface area contributed by atoms with Crippen LogP contribution in [0, 0.1) is 6.92 Å². The molecule has 4 rings (SSSR count). The molecular formula is C23H18ClN3O3. The van der Waals surface area contributed by atoms with E-state index >= 15 is 0 Å². The van der Waals surface area contributed by atoms with Crippen molar-refractivity contribution in [2.75, 3.05) is 12.4 Å². The second-order valence-electron chi connectivity index (χ2n) is 6.55. The number of nitrogens with one attached hydrogen (secondary N) is 1. The number of hydrogen-bond acceptors (Lipinski definition) is 5. The van der Waals surface area contributed by atoms with E-state index in [2.05, 4.69) is 15.3 Å². The molecule has 0 aliphatic carbocycles. The van der Waals surface area contributed by atoms with E-state index in [4.69, 9.17) is 20.8 Å². The molecule has 0 aliphatic rings. The number of nitrogens with zero attached hydrogens (tertiary/aromatic N) is 2. The Kier molecular flexibility index (Phi) is 5.50. The lowest BCUT2D eigenvalue weighted by atomic mass is 10.1. The number of aromatic nitrogens is 1. The molecule has 6 nitrogen and oxygen atoms in total. The predicted octanol–water partition coefficient (Wildman–Crippen LogP) is 5.28. The van der Waals surface area contributed by atoms with Gasteiger partial charge in [0, 0.05) is 16.1 Å². The number of ether oxygens (including phenoxy) is 1. The second kappa shape index (κ2) is 8.39. The third-order valence-corrected chi connectivity index (χ3v) is 4.63. The van der Waals surface area contributed by atoms with Gasteiger partial charge in [-0.15, -0.1) is 0 Å². The molecule has 7 heteroatoms. The van der Waals surface area contributed by atoms with Crippen molar-refractivity contribution < 1.29 is 13.9 Å². The highest BCUT2D eigenvalue weighted by atomic mass is 35.5. The summed E-state index contributed by atoms with van der Waals surface area (Å²) in [6.45, 7) is 1.85. The minimum absolute atomic E-state index is 0.138. The monoisotopic (exact) mass is 419 g/mol. The summed E-state index contributed by atoms with van der Waals surface area (Å²) >= 11 is 6.13. The molecular weight excluding hydrogens is 402 g/mol. The molecule has 0 bridgehead atoms. The number of hydrogen-bond donors (Lipinski definition) is 1. The number of carbonyl (C=O) groups excluding carboxylic acids is 1. The van der Waals surface area contributed by atoms with E-state index in [0.29, 0.717) is 27.9 Å². The number of methoxy groups -OCH3 is 1. The molecule has 0 spiro atoms. The van der Waals surface area contributed by atoms with Gasteiger partial charge in [-0.05, 0) is 49.4 Å². The largest absolute Gasteiger partial charge is 0.494 e. The van der Waals surface area contributed by atoms with Crippen LogP contribution in [-0.4, -0.2) is 18.0 Å². The Labute approximate surface area is 177 Å². The van der Waals surface area contributed by atoms with Crippen molar-refractivity contribution in [3.63, 3.8) is 0 Å². The lowest BCUT2D eigenvalue weighted by Gasteiger charge is -2.08. The maximum absolute atomic E-state index is 13.1. The van der Waals surface area contributed by atoms with E-state index in [-0.39, 0.29) is 17.0 Å². The van der Waals surface area contributed by atoms with Crippen LogP contribution in [-0.2, 0) is 0 Å². The van der Waals surface area contributed by atoms with Gasteiger partial charge in [0.25, 0.3) is 5.91 Å². The van der Waals surface area contributed by atoms with Crippen molar-refractivity contribution in [3.05, 3.63) is 88.6 Å². The lowest BCUT2D eigenvalue weighted by Crippen LogP contribution is -2.22. The van der Waals surface area contributed by atoms with Crippen molar-refractivity contribution in [3.8, 4) is 5.75 Å². The van der Waals surface area contributed by atoms with E-state index in [9.17, 15) is 4.79 Å². The van der Waals surface area contributed by atoms with Crippen molar-refractivity contribution in [2.24, 2.45) is 4.99 Å². The molecule has 0 fully saturated rings. The average molecular weight is 420 g/mol. The quantitative estimate of drug-likeness (QED) is 0.488. The Hall–Kier alpha value is -3.64. The van der Waals surface area contributed by atoms with Gasteiger partial charge in [-0.3, -0.25) is 4.79 Å². The van der Waals surface area contributed by atoms with Crippen LogP contribution in [0.1, 0.15) is 16.1 Å². The van der Waals surface area contributed by atoms with Gasteiger partial charge < -0.3 is 14.5 Å². The average Bonchev–Trinajstić information content (AvgIpc) is 2.73. The molecule has 4 aromatic rings. The van der Waals surface area contributed by atoms with Gasteiger partial charge in [-0.1, -0.05) is 35.9 Å². The van der Waals surface area contributed by atoms with Crippen LogP contribution in [0.4, 0.5) is 11.5 Å². The Morgan fingerprint density at radius 1 is 1.10 bits per heavy atom. The molecule has 2 aromatic heterocycles. The van der Waals surface area contributed by atoms with E-state index in [1.165, 1.54) is 7.11 Å². The topological polar surface area (TPSA) is 76.7 Å². The maximum Gasteiger partial charge on any atom is 0.262 e. The Bertz CT molecular complexity index is 1310. The molecule has 0 saturated carbocycles. The Morgan fingerprint density at radius 2 is 1.93 bits per heavy atom. The van der Waals surface area contributed by atoms with Crippen molar-refractivity contribution in [2.45, 2.75) is 6.92 Å². The fourth-order valence-corrected chi connectivity index (χ4v) is 3.14. The Balaban J connectivity index is 1.88. The van der Waals surface area contributed by atoms with Crippen molar-refractivity contribution in [1.82, 2.24) is 4.98 Å². The number of benzene rings is 2. The van der Waals surface area contributed by atoms with Gasteiger partial charge in [0.1, 0.15) is 28.4 Å². The SMILES string of the molecule is COc1ccc(Cl)cc1N=c1oc2ccccc2cc1C(=O)Nc1cccc(C)n1. The summed E-state index contributed by atoms with van der Waals surface area (Å²) in [7, 11) is 1.54. The first-order valence-corrected chi connectivity index (χ1v) is 9.57. The highest BCUT2D eigenvalue weighted by Crippen LogP contribution is 2.30. The van der Waals surface area contributed by atoms with Gasteiger partial charge in [-0.2, -0.15) is 0 Å². The summed E-state index contributed by atoms with van der Waals surface area (Å²) in [5.41, 5.74) is 2.25. The van der Waals surface area contributed by atoms with Crippen LogP contribution in [0.25, 0.3) is 11.0 Å². The van der Waals surface area contributed by atoms with Crippen LogP contribution in [0.3, 0.4) is 0 Å². The van der Waals surface area contributed by atoms with Gasteiger partial charge in [0.2, 0.25) is 5.55 Å². The predicted molar refractivity (Wildman–Crippen MR) is 116 cm³/mol. The van der Waals surface area contributed by atoms with Gasteiger partial charge >= 0.3 is 0 Å². The summed E-state index contributed by atoms with van der Waals surface area (Å²) in [6.07, 6.45) is 0. The number of halogens is 1. The first kappa shape index (κ1) is 19.7.